The SMILES string of the molecule is C#C[C@@]1(COC(=O)CCCC)CC[C@H](n2ccc3c(N)nc(Cl)nc32)O1.CC(=O)O. The van der Waals surface area contributed by atoms with E-state index in [-0.39, 0.29) is 24.1 Å². The molecule has 1 aliphatic heterocycles. The van der Waals surface area contributed by atoms with Crippen LogP contribution in [0, 0.1) is 12.3 Å². The molecule has 0 bridgehead atoms. The quantitative estimate of drug-likeness (QED) is 0.401. The van der Waals surface area contributed by atoms with E-state index >= 15 is 0 Å². The predicted octanol–water partition coefficient (Wildman–Crippen LogP) is 3.17. The van der Waals surface area contributed by atoms with Crippen LogP contribution in [0.25, 0.3) is 11.0 Å². The Morgan fingerprint density at radius 2 is 2.23 bits per heavy atom. The van der Waals surface area contributed by atoms with E-state index in [1.165, 1.54) is 0 Å². The zero-order valence-electron chi connectivity index (χ0n) is 16.9. The van der Waals surface area contributed by atoms with E-state index in [4.69, 9.17) is 43.1 Å². The smallest absolute Gasteiger partial charge is 0.305 e. The van der Waals surface area contributed by atoms with E-state index in [1.807, 2.05) is 23.8 Å². The summed E-state index contributed by atoms with van der Waals surface area (Å²) in [4.78, 5) is 29.0. The van der Waals surface area contributed by atoms with Crippen LogP contribution in [0.1, 0.15) is 52.2 Å². The highest BCUT2D eigenvalue weighted by Crippen LogP contribution is 2.38. The second-order valence-electron chi connectivity index (χ2n) is 6.87. The van der Waals surface area contributed by atoms with Gasteiger partial charge in [0, 0.05) is 19.5 Å². The number of nitrogens with two attached hydrogens (primary N) is 1. The van der Waals surface area contributed by atoms with Gasteiger partial charge in [-0.05, 0) is 36.9 Å². The zero-order valence-corrected chi connectivity index (χ0v) is 17.7. The Morgan fingerprint density at radius 1 is 1.53 bits per heavy atom. The minimum atomic E-state index is -0.939. The molecule has 30 heavy (non-hydrogen) atoms. The summed E-state index contributed by atoms with van der Waals surface area (Å²) < 4.78 is 13.3. The molecule has 2 atom stereocenters. The number of halogens is 1. The first-order valence-corrected chi connectivity index (χ1v) is 9.89. The summed E-state index contributed by atoms with van der Waals surface area (Å²) in [5.41, 5.74) is 5.53. The van der Waals surface area contributed by atoms with Gasteiger partial charge in [-0.2, -0.15) is 4.98 Å². The standard InChI is InChI=1S/C18H21ClN4O3.C2H4O2/c1-3-5-6-14(24)25-11-18(4-2)9-7-13(26-18)23-10-8-12-15(20)21-17(19)22-16(12)23;1-2(3)4/h2,8,10,13H,3,5-7,9,11H2,1H3,(H2,20,21,22);1H3,(H,3,4)/t13-,18+;/m1./s1. The fourth-order valence-corrected chi connectivity index (χ4v) is 3.21. The fraction of sp³-hybridized carbons (Fsp3) is 0.500. The van der Waals surface area contributed by atoms with Gasteiger partial charge in [-0.3, -0.25) is 9.59 Å². The van der Waals surface area contributed by atoms with Gasteiger partial charge in [0.1, 0.15) is 24.3 Å². The van der Waals surface area contributed by atoms with Crippen molar-refractivity contribution in [3.05, 3.63) is 17.5 Å². The minimum absolute atomic E-state index is 0.0413. The second-order valence-corrected chi connectivity index (χ2v) is 7.21. The number of nitrogens with zero attached hydrogens (tertiary/aromatic N) is 3. The number of terminal acetylenes is 1. The molecule has 0 saturated carbocycles. The molecule has 3 heterocycles. The molecule has 0 spiro atoms. The number of carboxylic acid groups (broad SMARTS) is 1. The van der Waals surface area contributed by atoms with Gasteiger partial charge >= 0.3 is 5.97 Å². The average Bonchev–Trinajstić information content (AvgIpc) is 3.29. The molecule has 0 aliphatic carbocycles. The second kappa shape index (κ2) is 10.3. The first kappa shape index (κ1) is 23.4. The van der Waals surface area contributed by atoms with Crippen molar-refractivity contribution >= 4 is 40.4 Å². The van der Waals surface area contributed by atoms with Crippen LogP contribution in [0.4, 0.5) is 5.82 Å². The van der Waals surface area contributed by atoms with Gasteiger partial charge in [0.25, 0.3) is 5.97 Å². The Hall–Kier alpha value is -2.83. The number of aromatic nitrogens is 3. The third-order valence-corrected chi connectivity index (χ3v) is 4.67. The molecule has 3 rings (SSSR count). The summed E-state index contributed by atoms with van der Waals surface area (Å²) in [6.07, 6.45) is 10.5. The predicted molar refractivity (Wildman–Crippen MR) is 112 cm³/mol. The fourth-order valence-electron chi connectivity index (χ4n) is 3.04. The number of ether oxygens (including phenoxy) is 2. The van der Waals surface area contributed by atoms with E-state index in [0.717, 1.165) is 19.8 Å². The van der Waals surface area contributed by atoms with Crippen molar-refractivity contribution in [3.63, 3.8) is 0 Å². The molecule has 2 aromatic heterocycles. The molecule has 2 aromatic rings. The highest BCUT2D eigenvalue weighted by molar-refractivity contribution is 6.28. The molecule has 1 saturated heterocycles. The lowest BCUT2D eigenvalue weighted by molar-refractivity contribution is -0.152. The highest BCUT2D eigenvalue weighted by Gasteiger charge is 2.41. The van der Waals surface area contributed by atoms with Crippen molar-refractivity contribution in [1.82, 2.24) is 14.5 Å². The molecule has 0 unspecified atom stereocenters. The van der Waals surface area contributed by atoms with Crippen LogP contribution < -0.4 is 5.73 Å². The maximum Gasteiger partial charge on any atom is 0.305 e. The maximum absolute atomic E-state index is 11.8. The largest absolute Gasteiger partial charge is 0.481 e. The van der Waals surface area contributed by atoms with Crippen LogP contribution >= 0.6 is 11.6 Å². The summed E-state index contributed by atoms with van der Waals surface area (Å²) in [5, 5.41) is 8.18. The normalized spacial score (nSPS) is 20.3. The molecule has 1 aliphatic rings. The lowest BCUT2D eigenvalue weighted by Gasteiger charge is -2.24. The molecule has 0 aromatic carbocycles. The van der Waals surface area contributed by atoms with Crippen molar-refractivity contribution < 1.29 is 24.2 Å². The number of hydrogen-bond donors (Lipinski definition) is 2. The molecule has 1 fully saturated rings. The number of esters is 1. The molecular formula is C20H25ClN4O5. The maximum atomic E-state index is 11.8. The van der Waals surface area contributed by atoms with Crippen molar-refractivity contribution in [2.75, 3.05) is 12.3 Å². The lowest BCUT2D eigenvalue weighted by Crippen LogP contribution is -2.34. The van der Waals surface area contributed by atoms with Crippen LogP contribution in [0.5, 0.6) is 0 Å². The Labute approximate surface area is 179 Å². The van der Waals surface area contributed by atoms with Gasteiger partial charge in [-0.1, -0.05) is 19.3 Å². The number of aliphatic carboxylic acids is 1. The number of anilines is 1. The molecule has 10 heteroatoms. The summed E-state index contributed by atoms with van der Waals surface area (Å²) in [6, 6.07) is 1.81. The van der Waals surface area contributed by atoms with E-state index in [1.54, 1.807) is 0 Å². The van der Waals surface area contributed by atoms with Crippen molar-refractivity contribution in [2.45, 2.75) is 57.8 Å². The molecular weight excluding hydrogens is 412 g/mol. The van der Waals surface area contributed by atoms with Gasteiger partial charge in [0.05, 0.1) is 5.39 Å². The van der Waals surface area contributed by atoms with Gasteiger partial charge < -0.3 is 24.9 Å². The number of nitrogen functional groups attached to an aromatic ring is 1. The Kier molecular flexibility index (Phi) is 8.03. The number of carboxylic acids is 1. The first-order valence-electron chi connectivity index (χ1n) is 9.51. The Balaban J connectivity index is 0.000000735. The summed E-state index contributed by atoms with van der Waals surface area (Å²) in [5.74, 6) is 1.87. The van der Waals surface area contributed by atoms with Crippen LogP contribution in [-0.2, 0) is 19.1 Å². The molecule has 9 nitrogen and oxygen atoms in total. The number of fused-ring (bicyclic) bond motifs is 1. The van der Waals surface area contributed by atoms with E-state index < -0.39 is 11.6 Å². The van der Waals surface area contributed by atoms with Crippen molar-refractivity contribution in [2.24, 2.45) is 0 Å². The first-order chi connectivity index (χ1) is 14.2. The monoisotopic (exact) mass is 436 g/mol. The number of rotatable bonds is 6. The van der Waals surface area contributed by atoms with Crippen LogP contribution in [0.15, 0.2) is 12.3 Å². The van der Waals surface area contributed by atoms with Gasteiger partial charge in [0.15, 0.2) is 5.60 Å². The van der Waals surface area contributed by atoms with Crippen molar-refractivity contribution in [3.8, 4) is 12.3 Å². The lowest BCUT2D eigenvalue weighted by atomic mass is 10.0. The van der Waals surface area contributed by atoms with Crippen LogP contribution in [0.2, 0.25) is 5.28 Å². The average molecular weight is 437 g/mol. The number of carbonyl (C=O) groups is 2. The summed E-state index contributed by atoms with van der Waals surface area (Å²) in [6.45, 7) is 3.14. The molecule has 0 amide bonds. The third kappa shape index (κ3) is 5.84. The number of hydrogen-bond acceptors (Lipinski definition) is 7. The zero-order chi connectivity index (χ0) is 22.3. The highest BCUT2D eigenvalue weighted by atomic mass is 35.5. The molecule has 0 radical (unpaired) electrons. The topological polar surface area (TPSA) is 130 Å². The van der Waals surface area contributed by atoms with E-state index in [9.17, 15) is 4.79 Å². The number of carbonyl (C=O) groups excluding carboxylic acids is 1. The number of unbranched alkanes of at least 4 members (excludes halogenated alkanes) is 1. The van der Waals surface area contributed by atoms with E-state index in [2.05, 4.69) is 15.9 Å². The summed E-state index contributed by atoms with van der Waals surface area (Å²) in [7, 11) is 0. The van der Waals surface area contributed by atoms with E-state index in [0.29, 0.717) is 36.1 Å². The molecule has 3 N–H and O–H groups in total. The van der Waals surface area contributed by atoms with Crippen molar-refractivity contribution in [1.29, 1.82) is 0 Å². The van der Waals surface area contributed by atoms with Gasteiger partial charge in [-0.15, -0.1) is 6.42 Å². The van der Waals surface area contributed by atoms with Gasteiger partial charge in [0.2, 0.25) is 5.28 Å². The Morgan fingerprint density at radius 3 is 2.87 bits per heavy atom. The van der Waals surface area contributed by atoms with Crippen LogP contribution in [-0.4, -0.2) is 43.8 Å². The Bertz CT molecular complexity index is 951. The molecule has 162 valence electrons. The minimum Gasteiger partial charge on any atom is -0.481 e. The van der Waals surface area contributed by atoms with Crippen LogP contribution in [0.3, 0.4) is 0 Å². The van der Waals surface area contributed by atoms with Gasteiger partial charge in [-0.25, -0.2) is 4.98 Å². The third-order valence-electron chi connectivity index (χ3n) is 4.50. The summed E-state index contributed by atoms with van der Waals surface area (Å²) >= 11 is 5.92.